The second-order valence-corrected chi connectivity index (χ2v) is 6.13. The molecule has 0 unspecified atom stereocenters. The second-order valence-electron chi connectivity index (χ2n) is 6.13. The molecule has 1 aromatic heterocycles. The Morgan fingerprint density at radius 2 is 1.91 bits per heavy atom. The van der Waals surface area contributed by atoms with E-state index < -0.39 is 5.82 Å². The van der Waals surface area contributed by atoms with Gasteiger partial charge in [0, 0.05) is 37.6 Å². The first-order valence-corrected chi connectivity index (χ1v) is 7.44. The normalized spacial score (nSPS) is 24.0. The average Bonchev–Trinajstić information content (AvgIpc) is 3.06. The van der Waals surface area contributed by atoms with Gasteiger partial charge in [0.25, 0.3) is 5.91 Å². The van der Waals surface area contributed by atoms with Gasteiger partial charge in [-0.2, -0.15) is 0 Å². The van der Waals surface area contributed by atoms with Crippen LogP contribution in [0.4, 0.5) is 4.39 Å². The first-order chi connectivity index (χ1) is 10.6. The van der Waals surface area contributed by atoms with E-state index in [-0.39, 0.29) is 11.5 Å². The first kappa shape index (κ1) is 13.5. The van der Waals surface area contributed by atoms with Gasteiger partial charge in [0.1, 0.15) is 5.82 Å². The number of pyridine rings is 1. The van der Waals surface area contributed by atoms with E-state index in [1.165, 1.54) is 18.2 Å². The fraction of sp³-hybridized carbons (Fsp3) is 0.375. The van der Waals surface area contributed by atoms with Gasteiger partial charge in [-0.1, -0.05) is 0 Å². The van der Waals surface area contributed by atoms with Crippen molar-refractivity contribution >= 4 is 16.8 Å². The highest BCUT2D eigenvalue weighted by atomic mass is 19.1. The highest BCUT2D eigenvalue weighted by Gasteiger charge is 2.38. The van der Waals surface area contributed by atoms with Crippen LogP contribution in [0.2, 0.25) is 0 Å². The van der Waals surface area contributed by atoms with Crippen molar-refractivity contribution in [3.63, 3.8) is 0 Å². The zero-order chi connectivity index (χ0) is 15.3. The largest absolute Gasteiger partial charge is 0.338 e. The molecule has 1 aromatic carbocycles. The van der Waals surface area contributed by atoms with Crippen LogP contribution in [0.25, 0.3) is 10.9 Å². The van der Waals surface area contributed by atoms with Gasteiger partial charge in [-0.15, -0.1) is 0 Å². The van der Waals surface area contributed by atoms with Crippen molar-refractivity contribution in [2.75, 3.05) is 26.2 Å². The SMILES string of the molecule is O=C(c1cc(=O)[nH]c2cc(F)ccc12)N1C[C@H]2CNC[C@H]2C1. The molecule has 0 radical (unpaired) electrons. The van der Waals surface area contributed by atoms with Gasteiger partial charge in [0.05, 0.1) is 11.1 Å². The molecule has 1 amide bonds. The van der Waals surface area contributed by atoms with Crippen LogP contribution in [0.3, 0.4) is 0 Å². The Labute approximate surface area is 126 Å². The molecule has 0 spiro atoms. The van der Waals surface area contributed by atoms with Crippen molar-refractivity contribution in [1.82, 2.24) is 15.2 Å². The molecule has 0 aliphatic carbocycles. The fourth-order valence-electron chi connectivity index (χ4n) is 3.60. The lowest BCUT2D eigenvalue weighted by Crippen LogP contribution is -2.32. The summed E-state index contributed by atoms with van der Waals surface area (Å²) < 4.78 is 13.3. The predicted molar refractivity (Wildman–Crippen MR) is 80.3 cm³/mol. The molecule has 2 N–H and O–H groups in total. The van der Waals surface area contributed by atoms with Gasteiger partial charge < -0.3 is 15.2 Å². The zero-order valence-electron chi connectivity index (χ0n) is 11.9. The molecular formula is C16H16FN3O2. The van der Waals surface area contributed by atoms with Crippen molar-refractivity contribution in [2.24, 2.45) is 11.8 Å². The number of halogens is 1. The molecule has 0 saturated carbocycles. The molecule has 2 aliphatic rings. The summed E-state index contributed by atoms with van der Waals surface area (Å²) in [4.78, 5) is 29.0. The van der Waals surface area contributed by atoms with Crippen LogP contribution in [0.5, 0.6) is 0 Å². The number of hydrogen-bond acceptors (Lipinski definition) is 3. The maximum absolute atomic E-state index is 13.3. The number of hydrogen-bond donors (Lipinski definition) is 2. The Balaban J connectivity index is 1.74. The highest BCUT2D eigenvalue weighted by molar-refractivity contribution is 6.06. The fourth-order valence-corrected chi connectivity index (χ4v) is 3.60. The van der Waals surface area contributed by atoms with E-state index >= 15 is 0 Å². The van der Waals surface area contributed by atoms with Gasteiger partial charge >= 0.3 is 0 Å². The third-order valence-electron chi connectivity index (χ3n) is 4.71. The smallest absolute Gasteiger partial charge is 0.254 e. The molecular weight excluding hydrogens is 285 g/mol. The number of nitrogens with zero attached hydrogens (tertiary/aromatic N) is 1. The lowest BCUT2D eigenvalue weighted by Gasteiger charge is -2.18. The summed E-state index contributed by atoms with van der Waals surface area (Å²) in [6.45, 7) is 3.31. The van der Waals surface area contributed by atoms with Crippen molar-refractivity contribution < 1.29 is 9.18 Å². The maximum atomic E-state index is 13.3. The number of carbonyl (C=O) groups excluding carboxylic acids is 1. The Bertz CT molecular complexity index is 805. The van der Waals surface area contributed by atoms with E-state index in [0.29, 0.717) is 41.4 Å². The number of amides is 1. The Morgan fingerprint density at radius 3 is 2.64 bits per heavy atom. The number of rotatable bonds is 1. The predicted octanol–water partition coefficient (Wildman–Crippen LogP) is 0.959. The molecule has 6 heteroatoms. The number of carbonyl (C=O) groups is 1. The van der Waals surface area contributed by atoms with E-state index in [2.05, 4.69) is 10.3 Å². The minimum atomic E-state index is -0.436. The van der Waals surface area contributed by atoms with Crippen molar-refractivity contribution in [3.05, 3.63) is 46.0 Å². The topological polar surface area (TPSA) is 65.2 Å². The van der Waals surface area contributed by atoms with Crippen molar-refractivity contribution in [1.29, 1.82) is 0 Å². The summed E-state index contributed by atoms with van der Waals surface area (Å²) in [5, 5.41) is 3.92. The van der Waals surface area contributed by atoms with E-state index in [1.54, 1.807) is 6.07 Å². The molecule has 114 valence electrons. The molecule has 2 fully saturated rings. The summed E-state index contributed by atoms with van der Waals surface area (Å²) >= 11 is 0. The number of likely N-dealkylation sites (tertiary alicyclic amines) is 1. The standard InChI is InChI=1S/C16H16FN3O2/c17-11-1-2-12-13(4-15(21)19-14(12)3-11)16(22)20-7-9-5-18-6-10(9)8-20/h1-4,9-10,18H,5-8H2,(H,19,21)/t9-,10+. The lowest BCUT2D eigenvalue weighted by molar-refractivity contribution is 0.0783. The van der Waals surface area contributed by atoms with Crippen LogP contribution in [-0.2, 0) is 0 Å². The molecule has 5 nitrogen and oxygen atoms in total. The Morgan fingerprint density at radius 1 is 1.18 bits per heavy atom. The lowest BCUT2D eigenvalue weighted by atomic mass is 10.0. The summed E-state index contributed by atoms with van der Waals surface area (Å²) in [5.74, 6) is 0.413. The summed E-state index contributed by atoms with van der Waals surface area (Å²) in [5.41, 5.74) is 0.325. The van der Waals surface area contributed by atoms with E-state index in [4.69, 9.17) is 0 Å². The van der Waals surface area contributed by atoms with Crippen molar-refractivity contribution in [3.8, 4) is 0 Å². The van der Waals surface area contributed by atoms with Crippen molar-refractivity contribution in [2.45, 2.75) is 0 Å². The Kier molecular flexibility index (Phi) is 3.00. The first-order valence-electron chi connectivity index (χ1n) is 7.44. The number of nitrogens with one attached hydrogen (secondary N) is 2. The van der Waals surface area contributed by atoms with E-state index in [9.17, 15) is 14.0 Å². The number of H-pyrrole nitrogens is 1. The molecule has 3 heterocycles. The molecule has 2 aromatic rings. The number of aromatic nitrogens is 1. The summed E-state index contributed by atoms with van der Waals surface area (Å²) in [7, 11) is 0. The average molecular weight is 301 g/mol. The molecule has 0 bridgehead atoms. The number of fused-ring (bicyclic) bond motifs is 2. The minimum absolute atomic E-state index is 0.142. The monoisotopic (exact) mass is 301 g/mol. The second kappa shape index (κ2) is 4.91. The molecule has 2 aliphatic heterocycles. The van der Waals surface area contributed by atoms with Crippen LogP contribution in [0.15, 0.2) is 29.1 Å². The van der Waals surface area contributed by atoms with Gasteiger partial charge in [0.2, 0.25) is 5.56 Å². The van der Waals surface area contributed by atoms with Crippen LogP contribution in [-0.4, -0.2) is 42.0 Å². The van der Waals surface area contributed by atoms with E-state index in [0.717, 1.165) is 13.1 Å². The van der Waals surface area contributed by atoms with Gasteiger partial charge in [-0.05, 0) is 30.0 Å². The quantitative estimate of drug-likeness (QED) is 0.824. The zero-order valence-corrected chi connectivity index (χ0v) is 11.9. The molecule has 2 saturated heterocycles. The third kappa shape index (κ3) is 2.11. The van der Waals surface area contributed by atoms with Gasteiger partial charge in [-0.25, -0.2) is 4.39 Å². The van der Waals surface area contributed by atoms with Gasteiger partial charge in [-0.3, -0.25) is 9.59 Å². The van der Waals surface area contributed by atoms with Crippen LogP contribution in [0.1, 0.15) is 10.4 Å². The number of benzene rings is 1. The summed E-state index contributed by atoms with van der Waals surface area (Å²) in [6, 6.07) is 5.41. The minimum Gasteiger partial charge on any atom is -0.338 e. The summed E-state index contributed by atoms with van der Waals surface area (Å²) in [6.07, 6.45) is 0. The molecule has 4 rings (SSSR count). The molecule has 22 heavy (non-hydrogen) atoms. The third-order valence-corrected chi connectivity index (χ3v) is 4.71. The van der Waals surface area contributed by atoms with Gasteiger partial charge in [0.15, 0.2) is 0 Å². The van der Waals surface area contributed by atoms with Crippen LogP contribution < -0.4 is 10.9 Å². The maximum Gasteiger partial charge on any atom is 0.254 e. The van der Waals surface area contributed by atoms with Crippen LogP contribution >= 0.6 is 0 Å². The van der Waals surface area contributed by atoms with Crippen LogP contribution in [0, 0.1) is 17.7 Å². The molecule has 2 atom stereocenters. The highest BCUT2D eigenvalue weighted by Crippen LogP contribution is 2.28. The number of aromatic amines is 1. The van der Waals surface area contributed by atoms with E-state index in [1.807, 2.05) is 4.90 Å². The Hall–Kier alpha value is -2.21.